The number of carbonyl (C=O) groups is 3. The quantitative estimate of drug-likeness (QED) is 0.383. The van der Waals surface area contributed by atoms with E-state index in [0.717, 1.165) is 49.9 Å². The lowest BCUT2D eigenvalue weighted by molar-refractivity contribution is -0.136. The summed E-state index contributed by atoms with van der Waals surface area (Å²) in [4.78, 5) is 41.3. The van der Waals surface area contributed by atoms with Crippen LogP contribution in [0.25, 0.3) is 0 Å². The largest absolute Gasteiger partial charge is 0.322 e. The van der Waals surface area contributed by atoms with Crippen molar-refractivity contribution >= 4 is 33.4 Å². The van der Waals surface area contributed by atoms with Gasteiger partial charge in [-0.2, -0.15) is 0 Å². The standard InChI is InChI=1S/C34H36N4O5S/c39-32-14-13-31(33(40)35-32)37-22-26-20-25(9-12-30(26)34(37)41)24-15-17-36(18-16-24)21-23-5-4-8-29(19-23)44(42,43)38(28-10-11-28)27-6-2-1-3-7-27/h1-9,12,19-20,24,28,31H,10-11,13-18,21-22H2,(H,35,39,40). The number of carbonyl (C=O) groups excluding carboxylic acids is 3. The highest BCUT2D eigenvalue weighted by atomic mass is 32.2. The second kappa shape index (κ2) is 11.5. The molecule has 228 valence electrons. The van der Waals surface area contributed by atoms with Crippen molar-refractivity contribution in [1.29, 1.82) is 0 Å². The van der Waals surface area contributed by atoms with Gasteiger partial charge < -0.3 is 4.90 Å². The molecule has 1 N–H and O–H groups in total. The number of likely N-dealkylation sites (tertiary alicyclic amines) is 1. The van der Waals surface area contributed by atoms with E-state index in [1.807, 2.05) is 60.7 Å². The maximum Gasteiger partial charge on any atom is 0.264 e. The average Bonchev–Trinajstić information content (AvgIpc) is 3.80. The molecular weight excluding hydrogens is 576 g/mol. The number of anilines is 1. The molecule has 3 aromatic carbocycles. The second-order valence-corrected chi connectivity index (χ2v) is 14.2. The molecule has 1 unspecified atom stereocenters. The Morgan fingerprint density at radius 2 is 1.61 bits per heavy atom. The average molecular weight is 613 g/mol. The number of para-hydroxylation sites is 1. The summed E-state index contributed by atoms with van der Waals surface area (Å²) in [7, 11) is -3.67. The fourth-order valence-electron chi connectivity index (χ4n) is 6.88. The van der Waals surface area contributed by atoms with E-state index in [4.69, 9.17) is 0 Å². The molecule has 3 amide bonds. The molecule has 2 saturated heterocycles. The topological polar surface area (TPSA) is 107 Å². The van der Waals surface area contributed by atoms with Crippen molar-refractivity contribution in [2.75, 3.05) is 17.4 Å². The fourth-order valence-corrected chi connectivity index (χ4v) is 8.66. The van der Waals surface area contributed by atoms with Crippen LogP contribution in [0.5, 0.6) is 0 Å². The third-order valence-electron chi connectivity index (χ3n) is 9.36. The zero-order valence-electron chi connectivity index (χ0n) is 24.5. The lowest BCUT2D eigenvalue weighted by atomic mass is 9.87. The van der Waals surface area contributed by atoms with E-state index in [2.05, 4.69) is 16.3 Å². The Kier molecular flexibility index (Phi) is 7.50. The van der Waals surface area contributed by atoms with E-state index >= 15 is 0 Å². The van der Waals surface area contributed by atoms with Crippen molar-refractivity contribution in [2.45, 2.75) is 74.5 Å². The van der Waals surface area contributed by atoms with Gasteiger partial charge >= 0.3 is 0 Å². The van der Waals surface area contributed by atoms with E-state index < -0.39 is 22.0 Å². The lowest BCUT2D eigenvalue weighted by Gasteiger charge is -2.32. The number of nitrogens with zero attached hydrogens (tertiary/aromatic N) is 3. The van der Waals surface area contributed by atoms with Gasteiger partial charge in [-0.15, -0.1) is 0 Å². The zero-order valence-corrected chi connectivity index (χ0v) is 25.3. The number of amides is 3. The molecule has 1 aliphatic carbocycles. The van der Waals surface area contributed by atoms with Gasteiger partial charge in [0.25, 0.3) is 15.9 Å². The molecule has 3 aliphatic heterocycles. The van der Waals surface area contributed by atoms with Crippen LogP contribution in [0.4, 0.5) is 5.69 Å². The molecule has 0 aromatic heterocycles. The summed E-state index contributed by atoms with van der Waals surface area (Å²) in [6.07, 6.45) is 4.28. The van der Waals surface area contributed by atoms with E-state index in [1.165, 1.54) is 5.56 Å². The molecule has 10 heteroatoms. The van der Waals surface area contributed by atoms with Crippen molar-refractivity contribution in [3.05, 3.63) is 95.1 Å². The van der Waals surface area contributed by atoms with Gasteiger partial charge in [0.2, 0.25) is 11.8 Å². The smallest absolute Gasteiger partial charge is 0.264 e. The van der Waals surface area contributed by atoms with Crippen LogP contribution in [0, 0.1) is 0 Å². The summed E-state index contributed by atoms with van der Waals surface area (Å²) in [5.41, 5.74) is 4.47. The molecule has 0 spiro atoms. The van der Waals surface area contributed by atoms with Crippen LogP contribution in [-0.4, -0.2) is 61.1 Å². The lowest BCUT2D eigenvalue weighted by Crippen LogP contribution is -2.52. The maximum absolute atomic E-state index is 13.8. The number of rotatable bonds is 8. The summed E-state index contributed by atoms with van der Waals surface area (Å²) < 4.78 is 29.1. The van der Waals surface area contributed by atoms with E-state index in [9.17, 15) is 22.8 Å². The number of piperidine rings is 2. The van der Waals surface area contributed by atoms with Gasteiger partial charge in [-0.25, -0.2) is 8.42 Å². The summed E-state index contributed by atoms with van der Waals surface area (Å²) in [5, 5.41) is 2.36. The Morgan fingerprint density at radius 1 is 0.841 bits per heavy atom. The predicted molar refractivity (Wildman–Crippen MR) is 165 cm³/mol. The minimum absolute atomic E-state index is 0.0166. The van der Waals surface area contributed by atoms with Crippen LogP contribution in [0.3, 0.4) is 0 Å². The number of benzene rings is 3. The van der Waals surface area contributed by atoms with Gasteiger partial charge in [0.1, 0.15) is 6.04 Å². The number of fused-ring (bicyclic) bond motifs is 1. The van der Waals surface area contributed by atoms with Gasteiger partial charge in [-0.05, 0) is 98.1 Å². The minimum Gasteiger partial charge on any atom is -0.322 e. The Balaban J connectivity index is 0.991. The van der Waals surface area contributed by atoms with Crippen LogP contribution in [0.1, 0.15) is 71.5 Å². The molecule has 0 radical (unpaired) electrons. The highest BCUT2D eigenvalue weighted by molar-refractivity contribution is 7.92. The van der Waals surface area contributed by atoms with Crippen LogP contribution in [0.2, 0.25) is 0 Å². The van der Waals surface area contributed by atoms with Gasteiger partial charge in [0.15, 0.2) is 0 Å². The Hall–Kier alpha value is -4.02. The third kappa shape index (κ3) is 5.52. The van der Waals surface area contributed by atoms with Gasteiger partial charge in [0, 0.05) is 31.1 Å². The number of imide groups is 1. The molecule has 3 aromatic rings. The Labute approximate surface area is 257 Å². The minimum atomic E-state index is -3.67. The van der Waals surface area contributed by atoms with Crippen molar-refractivity contribution in [1.82, 2.24) is 15.1 Å². The monoisotopic (exact) mass is 612 g/mol. The first kappa shape index (κ1) is 28.7. The third-order valence-corrected chi connectivity index (χ3v) is 11.2. The number of sulfonamides is 1. The van der Waals surface area contributed by atoms with Crippen LogP contribution in [-0.2, 0) is 32.7 Å². The van der Waals surface area contributed by atoms with Gasteiger partial charge in [-0.3, -0.25) is 28.9 Å². The van der Waals surface area contributed by atoms with Crippen LogP contribution < -0.4 is 9.62 Å². The first-order valence-corrected chi connectivity index (χ1v) is 16.9. The molecule has 4 aliphatic rings. The van der Waals surface area contributed by atoms with Crippen LogP contribution >= 0.6 is 0 Å². The van der Waals surface area contributed by atoms with Gasteiger partial charge in [0.05, 0.1) is 10.6 Å². The summed E-state index contributed by atoms with van der Waals surface area (Å²) in [5.74, 6) is -0.468. The molecule has 44 heavy (non-hydrogen) atoms. The van der Waals surface area contributed by atoms with Crippen molar-refractivity contribution in [3.63, 3.8) is 0 Å². The molecule has 9 nitrogen and oxygen atoms in total. The molecular formula is C34H36N4O5S. The molecule has 3 fully saturated rings. The van der Waals surface area contributed by atoms with Crippen molar-refractivity contribution in [2.24, 2.45) is 0 Å². The molecule has 1 saturated carbocycles. The number of nitrogens with one attached hydrogen (secondary N) is 1. The first-order valence-electron chi connectivity index (χ1n) is 15.5. The summed E-state index contributed by atoms with van der Waals surface area (Å²) in [6, 6.07) is 22.2. The molecule has 7 rings (SSSR count). The Bertz CT molecular complexity index is 1710. The van der Waals surface area contributed by atoms with E-state index in [-0.39, 0.29) is 24.3 Å². The summed E-state index contributed by atoms with van der Waals surface area (Å²) >= 11 is 0. The normalized spacial score (nSPS) is 21.3. The fraction of sp³-hybridized carbons (Fsp3) is 0.382. The highest BCUT2D eigenvalue weighted by Crippen LogP contribution is 2.37. The SMILES string of the molecule is O=C1CCC(N2Cc3cc(C4CCN(Cc5cccc(S(=O)(=O)N(c6ccccc6)C6CC6)c5)CC4)ccc3C2=O)C(=O)N1. The zero-order chi connectivity index (χ0) is 30.4. The Morgan fingerprint density at radius 3 is 2.34 bits per heavy atom. The second-order valence-electron chi connectivity index (χ2n) is 12.4. The first-order chi connectivity index (χ1) is 21.3. The predicted octanol–water partition coefficient (Wildman–Crippen LogP) is 4.18. The van der Waals surface area contributed by atoms with Crippen molar-refractivity contribution in [3.8, 4) is 0 Å². The molecule has 3 heterocycles. The van der Waals surface area contributed by atoms with Crippen LogP contribution in [0.15, 0.2) is 77.7 Å². The highest BCUT2D eigenvalue weighted by Gasteiger charge is 2.40. The maximum atomic E-state index is 13.8. The number of hydrogen-bond donors (Lipinski definition) is 1. The number of hydrogen-bond acceptors (Lipinski definition) is 6. The summed E-state index contributed by atoms with van der Waals surface area (Å²) in [6.45, 7) is 2.84. The van der Waals surface area contributed by atoms with E-state index in [0.29, 0.717) is 41.6 Å². The van der Waals surface area contributed by atoms with Crippen molar-refractivity contribution < 1.29 is 22.8 Å². The molecule has 1 atom stereocenters. The molecule has 0 bridgehead atoms. The van der Waals surface area contributed by atoms with E-state index in [1.54, 1.807) is 15.3 Å². The van der Waals surface area contributed by atoms with Gasteiger partial charge in [-0.1, -0.05) is 42.5 Å².